The van der Waals surface area contributed by atoms with Gasteiger partial charge in [-0.3, -0.25) is 9.32 Å². The quantitative estimate of drug-likeness (QED) is 0.470. The molecule has 0 radical (unpaired) electrons. The monoisotopic (exact) mass is 388 g/mol. The summed E-state index contributed by atoms with van der Waals surface area (Å²) in [7, 11) is -4.73. The first-order chi connectivity index (χ1) is 12.8. The van der Waals surface area contributed by atoms with E-state index in [0.29, 0.717) is 11.1 Å². The third-order valence-electron chi connectivity index (χ3n) is 4.22. The van der Waals surface area contributed by atoms with E-state index in [1.54, 1.807) is 18.2 Å². The van der Waals surface area contributed by atoms with Crippen LogP contribution in [0.5, 0.6) is 0 Å². The maximum absolute atomic E-state index is 13.5. The first kappa shape index (κ1) is 19.4. The molecule has 0 aliphatic rings. The summed E-state index contributed by atoms with van der Waals surface area (Å²) in [5.74, 6) is -1.63. The number of carbonyl (C=O) groups is 1. The molecule has 140 valence electrons. The van der Waals surface area contributed by atoms with Gasteiger partial charge in [0.1, 0.15) is 5.82 Å². The fourth-order valence-electron chi connectivity index (χ4n) is 2.94. The number of benzene rings is 3. The number of carbonyl (C=O) groups excluding carboxylic acids is 1. The van der Waals surface area contributed by atoms with Gasteiger partial charge in [-0.05, 0) is 41.0 Å². The molecule has 0 aromatic heterocycles. The average molecular weight is 388 g/mol. The number of phosphoric ester groups is 1. The van der Waals surface area contributed by atoms with Crippen LogP contribution in [0.4, 0.5) is 4.39 Å². The van der Waals surface area contributed by atoms with E-state index in [-0.39, 0.29) is 12.2 Å². The molecule has 0 aliphatic carbocycles. The minimum atomic E-state index is -4.73. The van der Waals surface area contributed by atoms with Crippen LogP contribution < -0.4 is 0 Å². The highest BCUT2D eigenvalue weighted by Crippen LogP contribution is 2.37. The van der Waals surface area contributed by atoms with Crippen molar-refractivity contribution in [1.29, 1.82) is 0 Å². The van der Waals surface area contributed by atoms with Crippen molar-refractivity contribution in [2.75, 3.05) is 6.61 Å². The Morgan fingerprint density at radius 2 is 1.74 bits per heavy atom. The summed E-state index contributed by atoms with van der Waals surface area (Å²) < 4.78 is 29.1. The van der Waals surface area contributed by atoms with E-state index in [4.69, 9.17) is 9.79 Å². The molecule has 0 aliphatic heterocycles. The molecule has 0 saturated carbocycles. The highest BCUT2D eigenvalue weighted by Gasteiger charge is 2.25. The van der Waals surface area contributed by atoms with Gasteiger partial charge in [0.25, 0.3) is 0 Å². The highest BCUT2D eigenvalue weighted by atomic mass is 31.2. The van der Waals surface area contributed by atoms with Crippen molar-refractivity contribution in [1.82, 2.24) is 0 Å². The Kier molecular flexibility index (Phi) is 5.82. The Bertz CT molecular complexity index is 1010. The minimum absolute atomic E-state index is 0.101. The second-order valence-corrected chi connectivity index (χ2v) is 7.48. The van der Waals surface area contributed by atoms with Gasteiger partial charge in [0, 0.05) is 5.56 Å². The zero-order valence-corrected chi connectivity index (χ0v) is 15.2. The van der Waals surface area contributed by atoms with E-state index in [2.05, 4.69) is 4.52 Å². The average Bonchev–Trinajstić information content (AvgIpc) is 2.63. The maximum Gasteiger partial charge on any atom is 0.469 e. The van der Waals surface area contributed by atoms with Gasteiger partial charge in [0.15, 0.2) is 5.78 Å². The van der Waals surface area contributed by atoms with Gasteiger partial charge in [-0.25, -0.2) is 8.96 Å². The Labute approximate surface area is 155 Å². The molecule has 5 nitrogen and oxygen atoms in total. The van der Waals surface area contributed by atoms with Crippen LogP contribution in [0.15, 0.2) is 66.7 Å². The number of rotatable bonds is 7. The number of halogens is 1. The molecule has 3 rings (SSSR count). The lowest BCUT2D eigenvalue weighted by atomic mass is 9.91. The topological polar surface area (TPSA) is 83.8 Å². The fourth-order valence-corrected chi connectivity index (χ4v) is 3.32. The van der Waals surface area contributed by atoms with Gasteiger partial charge >= 0.3 is 7.82 Å². The SMILES string of the molecule is O=C(c1ccc2ccccc2c1)[C@@H](COP(=O)(O)O)Cc1cccc(F)c1. The summed E-state index contributed by atoms with van der Waals surface area (Å²) in [6.07, 6.45) is 0.101. The van der Waals surface area contributed by atoms with E-state index in [0.717, 1.165) is 10.8 Å². The molecule has 0 fully saturated rings. The Hall–Kier alpha value is -2.37. The van der Waals surface area contributed by atoms with Gasteiger partial charge in [0.2, 0.25) is 0 Å². The second kappa shape index (κ2) is 8.11. The van der Waals surface area contributed by atoms with Gasteiger partial charge in [0.05, 0.1) is 12.5 Å². The van der Waals surface area contributed by atoms with Crippen molar-refractivity contribution < 1.29 is 28.1 Å². The predicted octanol–water partition coefficient (Wildman–Crippen LogP) is 4.13. The van der Waals surface area contributed by atoms with Gasteiger partial charge in [-0.1, -0.05) is 48.5 Å². The van der Waals surface area contributed by atoms with E-state index >= 15 is 0 Å². The molecule has 1 atom stereocenters. The predicted molar refractivity (Wildman–Crippen MR) is 99.9 cm³/mol. The zero-order valence-electron chi connectivity index (χ0n) is 14.3. The Balaban J connectivity index is 1.89. The molecular formula is C20H18FO5P. The summed E-state index contributed by atoms with van der Waals surface area (Å²) in [5.41, 5.74) is 0.952. The number of hydrogen-bond donors (Lipinski definition) is 2. The fraction of sp³-hybridized carbons (Fsp3) is 0.150. The van der Waals surface area contributed by atoms with Crippen molar-refractivity contribution in [3.05, 3.63) is 83.7 Å². The summed E-state index contributed by atoms with van der Waals surface area (Å²) in [6.45, 7) is -0.466. The standard InChI is InChI=1S/C20H18FO5P/c21-19-7-3-4-14(11-19)10-18(13-26-27(23,24)25)20(22)17-9-8-15-5-1-2-6-16(15)12-17/h1-9,11-12,18H,10,13H2,(H2,23,24,25)/t18-/m1/s1. The smallest absolute Gasteiger partial charge is 0.303 e. The number of fused-ring (bicyclic) bond motifs is 1. The van der Waals surface area contributed by atoms with Crippen LogP contribution >= 0.6 is 7.82 Å². The Morgan fingerprint density at radius 1 is 1.00 bits per heavy atom. The first-order valence-corrected chi connectivity index (χ1v) is 9.82. The molecule has 7 heteroatoms. The van der Waals surface area contributed by atoms with Crippen LogP contribution in [0.3, 0.4) is 0 Å². The van der Waals surface area contributed by atoms with E-state index in [1.807, 2.05) is 30.3 Å². The summed E-state index contributed by atoms with van der Waals surface area (Å²) in [4.78, 5) is 30.9. The number of phosphoric acid groups is 1. The number of Topliss-reactive ketones (excluding diaryl/α,β-unsaturated/α-hetero) is 1. The lowest BCUT2D eigenvalue weighted by Gasteiger charge is -2.17. The van der Waals surface area contributed by atoms with Crippen molar-refractivity contribution in [2.45, 2.75) is 6.42 Å². The third kappa shape index (κ3) is 5.31. The second-order valence-electron chi connectivity index (χ2n) is 6.24. The lowest BCUT2D eigenvalue weighted by Crippen LogP contribution is -2.22. The van der Waals surface area contributed by atoms with E-state index < -0.39 is 26.2 Å². The molecule has 0 bridgehead atoms. The highest BCUT2D eigenvalue weighted by molar-refractivity contribution is 7.46. The minimum Gasteiger partial charge on any atom is -0.303 e. The van der Waals surface area contributed by atoms with Crippen LogP contribution in [0, 0.1) is 11.7 Å². The molecule has 0 saturated heterocycles. The largest absolute Gasteiger partial charge is 0.469 e. The normalized spacial score (nSPS) is 12.9. The summed E-state index contributed by atoms with van der Waals surface area (Å²) >= 11 is 0. The molecular weight excluding hydrogens is 370 g/mol. The molecule has 0 spiro atoms. The third-order valence-corrected chi connectivity index (χ3v) is 4.71. The van der Waals surface area contributed by atoms with E-state index in [9.17, 15) is 13.8 Å². The van der Waals surface area contributed by atoms with Crippen LogP contribution in [0.1, 0.15) is 15.9 Å². The lowest BCUT2D eigenvalue weighted by molar-refractivity contribution is 0.0850. The number of hydrogen-bond acceptors (Lipinski definition) is 3. The maximum atomic E-state index is 13.5. The van der Waals surface area contributed by atoms with Crippen molar-refractivity contribution in [3.63, 3.8) is 0 Å². The van der Waals surface area contributed by atoms with Crippen molar-refractivity contribution in [2.24, 2.45) is 5.92 Å². The molecule has 2 N–H and O–H groups in total. The molecule has 3 aromatic rings. The van der Waals surface area contributed by atoms with E-state index in [1.165, 1.54) is 18.2 Å². The van der Waals surface area contributed by atoms with Crippen LogP contribution in [-0.4, -0.2) is 22.2 Å². The van der Waals surface area contributed by atoms with Crippen molar-refractivity contribution in [3.8, 4) is 0 Å². The molecule has 0 amide bonds. The summed E-state index contributed by atoms with van der Waals surface area (Å²) in [5, 5.41) is 1.85. The molecule has 0 unspecified atom stereocenters. The molecule has 0 heterocycles. The number of ketones is 1. The van der Waals surface area contributed by atoms with Gasteiger partial charge < -0.3 is 9.79 Å². The van der Waals surface area contributed by atoms with Gasteiger partial charge in [-0.15, -0.1) is 0 Å². The first-order valence-electron chi connectivity index (χ1n) is 8.29. The summed E-state index contributed by atoms with van der Waals surface area (Å²) in [6, 6.07) is 18.5. The zero-order chi connectivity index (χ0) is 19.4. The Morgan fingerprint density at radius 3 is 2.44 bits per heavy atom. The van der Waals surface area contributed by atoms with Crippen LogP contribution in [0.2, 0.25) is 0 Å². The van der Waals surface area contributed by atoms with Crippen LogP contribution in [-0.2, 0) is 15.5 Å². The van der Waals surface area contributed by atoms with Crippen molar-refractivity contribution >= 4 is 24.4 Å². The van der Waals surface area contributed by atoms with Crippen LogP contribution in [0.25, 0.3) is 10.8 Å². The molecule has 3 aromatic carbocycles. The molecule has 27 heavy (non-hydrogen) atoms. The van der Waals surface area contributed by atoms with Gasteiger partial charge in [-0.2, -0.15) is 0 Å².